The molecule has 1 saturated heterocycles. The predicted molar refractivity (Wildman–Crippen MR) is 69.1 cm³/mol. The number of halogens is 3. The maximum atomic E-state index is 12.9. The summed E-state index contributed by atoms with van der Waals surface area (Å²) in [6.07, 6.45) is -4.49. The van der Waals surface area contributed by atoms with E-state index in [0.29, 0.717) is 0 Å². The second kappa shape index (κ2) is 5.05. The second-order valence-electron chi connectivity index (χ2n) is 5.49. The van der Waals surface area contributed by atoms with E-state index in [1.807, 2.05) is 0 Å². The average Bonchev–Trinajstić information content (AvgIpc) is 2.34. The van der Waals surface area contributed by atoms with Crippen molar-refractivity contribution in [1.82, 2.24) is 10.2 Å². The summed E-state index contributed by atoms with van der Waals surface area (Å²) in [5, 5.41) is 2.51. The molecule has 0 bridgehead atoms. The molecule has 0 atom stereocenters. The van der Waals surface area contributed by atoms with Gasteiger partial charge in [0.1, 0.15) is 5.54 Å². The Labute approximate surface area is 119 Å². The lowest BCUT2D eigenvalue weighted by Crippen LogP contribution is -2.63. The molecule has 7 heteroatoms. The van der Waals surface area contributed by atoms with Crippen LogP contribution in [0.1, 0.15) is 25.0 Å². The van der Waals surface area contributed by atoms with Crippen LogP contribution in [0.4, 0.5) is 13.2 Å². The van der Waals surface area contributed by atoms with Crippen molar-refractivity contribution in [3.8, 4) is 0 Å². The molecular formula is C14H15F3N2O2. The van der Waals surface area contributed by atoms with Crippen molar-refractivity contribution in [2.45, 2.75) is 32.1 Å². The lowest BCUT2D eigenvalue weighted by atomic mass is 9.99. The summed E-state index contributed by atoms with van der Waals surface area (Å²) in [6.45, 7) is 2.56. The highest BCUT2D eigenvalue weighted by atomic mass is 19.4. The van der Waals surface area contributed by atoms with E-state index in [9.17, 15) is 22.8 Å². The topological polar surface area (TPSA) is 49.4 Å². The van der Waals surface area contributed by atoms with Crippen LogP contribution >= 0.6 is 0 Å². The highest BCUT2D eigenvalue weighted by Crippen LogP contribution is 2.32. The molecule has 0 unspecified atom stereocenters. The van der Waals surface area contributed by atoms with Gasteiger partial charge in [0.2, 0.25) is 11.8 Å². The number of hydrogen-bond donors (Lipinski definition) is 1. The molecule has 0 aliphatic carbocycles. The van der Waals surface area contributed by atoms with Crippen LogP contribution in [-0.4, -0.2) is 28.8 Å². The molecule has 0 spiro atoms. The van der Waals surface area contributed by atoms with Gasteiger partial charge < -0.3 is 10.2 Å². The molecule has 4 nitrogen and oxygen atoms in total. The van der Waals surface area contributed by atoms with Crippen molar-refractivity contribution in [1.29, 1.82) is 0 Å². The summed E-state index contributed by atoms with van der Waals surface area (Å²) in [6, 6.07) is 5.05. The zero-order chi connectivity index (χ0) is 15.8. The number of hydrogen-bond acceptors (Lipinski definition) is 2. The second-order valence-corrected chi connectivity index (χ2v) is 5.49. The van der Waals surface area contributed by atoms with Crippen molar-refractivity contribution in [2.24, 2.45) is 0 Å². The van der Waals surface area contributed by atoms with Crippen LogP contribution in [0.15, 0.2) is 24.3 Å². The molecule has 1 heterocycles. The number of carbonyl (C=O) groups excluding carboxylic acids is 2. The normalized spacial score (nSPS) is 18.6. The molecule has 1 aliphatic heterocycles. The first-order valence-electron chi connectivity index (χ1n) is 6.37. The molecule has 0 aromatic heterocycles. The number of amides is 2. The molecule has 2 amide bonds. The van der Waals surface area contributed by atoms with Crippen molar-refractivity contribution in [3.63, 3.8) is 0 Å². The number of piperazine rings is 1. The molecule has 1 fully saturated rings. The first kappa shape index (κ1) is 15.3. The van der Waals surface area contributed by atoms with Gasteiger partial charge in [0, 0.05) is 6.54 Å². The van der Waals surface area contributed by atoms with E-state index in [-0.39, 0.29) is 24.6 Å². The summed E-state index contributed by atoms with van der Waals surface area (Å²) in [4.78, 5) is 24.9. The number of carbonyl (C=O) groups is 2. The molecule has 1 aromatic carbocycles. The van der Waals surface area contributed by atoms with Crippen molar-refractivity contribution >= 4 is 11.8 Å². The fourth-order valence-electron chi connectivity index (χ4n) is 2.35. The number of alkyl halides is 3. The van der Waals surface area contributed by atoms with Gasteiger partial charge >= 0.3 is 6.18 Å². The number of nitrogens with one attached hydrogen (secondary N) is 1. The van der Waals surface area contributed by atoms with Crippen molar-refractivity contribution < 1.29 is 22.8 Å². The highest BCUT2D eigenvalue weighted by molar-refractivity contribution is 5.97. The van der Waals surface area contributed by atoms with E-state index < -0.39 is 23.2 Å². The molecule has 21 heavy (non-hydrogen) atoms. The Morgan fingerprint density at radius 2 is 1.86 bits per heavy atom. The SMILES string of the molecule is CC1(C)NC(=O)CN(Cc2ccccc2C(F)(F)F)C1=O. The molecule has 1 N–H and O–H groups in total. The Bertz CT molecular complexity index is 582. The average molecular weight is 300 g/mol. The predicted octanol–water partition coefficient (Wildman–Crippen LogP) is 1.94. The quantitative estimate of drug-likeness (QED) is 0.907. The first-order valence-corrected chi connectivity index (χ1v) is 6.37. The lowest BCUT2D eigenvalue weighted by Gasteiger charge is -2.37. The van der Waals surface area contributed by atoms with Gasteiger partial charge in [-0.3, -0.25) is 9.59 Å². The molecule has 114 valence electrons. The van der Waals surface area contributed by atoms with E-state index in [0.717, 1.165) is 11.0 Å². The minimum absolute atomic E-state index is 0.0242. The summed E-state index contributed by atoms with van der Waals surface area (Å²) < 4.78 is 38.8. The highest BCUT2D eigenvalue weighted by Gasteiger charge is 2.40. The van der Waals surface area contributed by atoms with Crippen LogP contribution < -0.4 is 5.32 Å². The zero-order valence-corrected chi connectivity index (χ0v) is 11.6. The molecule has 1 aliphatic rings. The van der Waals surface area contributed by atoms with Gasteiger partial charge in [-0.05, 0) is 25.5 Å². The monoisotopic (exact) mass is 300 g/mol. The van der Waals surface area contributed by atoms with Gasteiger partial charge in [0.05, 0.1) is 12.1 Å². The Morgan fingerprint density at radius 1 is 1.24 bits per heavy atom. The van der Waals surface area contributed by atoms with Crippen LogP contribution in [0.5, 0.6) is 0 Å². The maximum absolute atomic E-state index is 12.9. The largest absolute Gasteiger partial charge is 0.416 e. The van der Waals surface area contributed by atoms with Crippen LogP contribution in [0.2, 0.25) is 0 Å². The third-order valence-electron chi connectivity index (χ3n) is 3.29. The fraction of sp³-hybridized carbons (Fsp3) is 0.429. The third kappa shape index (κ3) is 3.17. The maximum Gasteiger partial charge on any atom is 0.416 e. The Kier molecular flexibility index (Phi) is 3.69. The minimum atomic E-state index is -4.49. The summed E-state index contributed by atoms with van der Waals surface area (Å²) in [7, 11) is 0. The van der Waals surface area contributed by atoms with E-state index in [1.54, 1.807) is 0 Å². The Morgan fingerprint density at radius 3 is 2.48 bits per heavy atom. The molecule has 1 aromatic rings. The van der Waals surface area contributed by atoms with E-state index in [1.165, 1.54) is 32.0 Å². The smallest absolute Gasteiger partial charge is 0.341 e. The lowest BCUT2D eigenvalue weighted by molar-refractivity contribution is -0.149. The Hall–Kier alpha value is -2.05. The van der Waals surface area contributed by atoms with Gasteiger partial charge in [-0.25, -0.2) is 0 Å². The van der Waals surface area contributed by atoms with E-state index in [2.05, 4.69) is 5.32 Å². The summed E-state index contributed by atoms with van der Waals surface area (Å²) in [5.74, 6) is -0.789. The summed E-state index contributed by atoms with van der Waals surface area (Å²) in [5.41, 5.74) is -1.92. The van der Waals surface area contributed by atoms with Gasteiger partial charge in [0.15, 0.2) is 0 Å². The molecule has 2 rings (SSSR count). The number of rotatable bonds is 2. The van der Waals surface area contributed by atoms with Gasteiger partial charge in [-0.2, -0.15) is 13.2 Å². The van der Waals surface area contributed by atoms with Crippen molar-refractivity contribution in [2.75, 3.05) is 6.54 Å². The van der Waals surface area contributed by atoms with Crippen LogP contribution in [0.3, 0.4) is 0 Å². The van der Waals surface area contributed by atoms with Crippen LogP contribution in [-0.2, 0) is 22.3 Å². The molecule has 0 radical (unpaired) electrons. The summed E-state index contributed by atoms with van der Waals surface area (Å²) >= 11 is 0. The van der Waals surface area contributed by atoms with E-state index in [4.69, 9.17) is 0 Å². The van der Waals surface area contributed by atoms with E-state index >= 15 is 0 Å². The Balaban J connectivity index is 2.30. The van der Waals surface area contributed by atoms with Gasteiger partial charge in [-0.1, -0.05) is 18.2 Å². The van der Waals surface area contributed by atoms with Crippen LogP contribution in [0, 0.1) is 0 Å². The van der Waals surface area contributed by atoms with Crippen LogP contribution in [0.25, 0.3) is 0 Å². The van der Waals surface area contributed by atoms with Gasteiger partial charge in [-0.15, -0.1) is 0 Å². The minimum Gasteiger partial charge on any atom is -0.341 e. The standard InChI is InChI=1S/C14H15F3N2O2/c1-13(2)12(21)19(8-11(20)18-13)7-9-5-3-4-6-10(9)14(15,16)17/h3-6H,7-8H2,1-2H3,(H,18,20). The van der Waals surface area contributed by atoms with Crippen molar-refractivity contribution in [3.05, 3.63) is 35.4 Å². The third-order valence-corrected chi connectivity index (χ3v) is 3.29. The number of benzene rings is 1. The fourth-order valence-corrected chi connectivity index (χ4v) is 2.35. The molecular weight excluding hydrogens is 285 g/mol. The number of nitrogens with zero attached hydrogens (tertiary/aromatic N) is 1. The molecule has 0 saturated carbocycles. The van der Waals surface area contributed by atoms with Gasteiger partial charge in [0.25, 0.3) is 0 Å². The first-order chi connectivity index (χ1) is 9.61. The zero-order valence-electron chi connectivity index (χ0n) is 11.6.